The van der Waals surface area contributed by atoms with Gasteiger partial charge in [0, 0.05) is 6.20 Å². The van der Waals surface area contributed by atoms with Crippen molar-refractivity contribution in [3.05, 3.63) is 47.7 Å². The van der Waals surface area contributed by atoms with Gasteiger partial charge in [-0.3, -0.25) is 9.69 Å². The molecule has 0 unspecified atom stereocenters. The molecule has 0 bridgehead atoms. The van der Waals surface area contributed by atoms with Gasteiger partial charge in [-0.05, 0) is 11.8 Å². The minimum Gasteiger partial charge on any atom is -0.299 e. The summed E-state index contributed by atoms with van der Waals surface area (Å²) in [5.41, 5.74) is 5.20. The maximum Gasteiger partial charge on any atom is 0.300 e. The number of fused-ring (bicyclic) bond motifs is 1. The lowest BCUT2D eigenvalue weighted by Crippen LogP contribution is -2.37. The first-order chi connectivity index (χ1) is 9.29. The highest BCUT2D eigenvalue weighted by molar-refractivity contribution is 8.13. The molecule has 2 aliphatic rings. The van der Waals surface area contributed by atoms with E-state index in [1.807, 2.05) is 41.5 Å². The fraction of sp³-hybridized carbons (Fsp3) is 0.154. The Bertz CT molecular complexity index is 606. The lowest BCUT2D eigenvalue weighted by molar-refractivity contribution is -0.116. The zero-order chi connectivity index (χ0) is 13.2. The predicted molar refractivity (Wildman–Crippen MR) is 75.6 cm³/mol. The Kier molecular flexibility index (Phi) is 3.08. The molecule has 95 valence electrons. The maximum atomic E-state index is 11.5. The van der Waals surface area contributed by atoms with Gasteiger partial charge in [-0.2, -0.15) is 0 Å². The molecule has 0 saturated heterocycles. The molecule has 0 atom stereocenters. The highest BCUT2D eigenvalue weighted by Crippen LogP contribution is 2.22. The minimum absolute atomic E-state index is 0.322. The number of hydrogen-bond donors (Lipinski definition) is 0. The molecular formula is C13H11N4OS. The first-order valence-electron chi connectivity index (χ1n) is 5.76. The highest BCUT2D eigenvalue weighted by Gasteiger charge is 2.33. The van der Waals surface area contributed by atoms with Gasteiger partial charge in [0.1, 0.15) is 5.57 Å². The van der Waals surface area contributed by atoms with Crippen LogP contribution in [0.2, 0.25) is 0 Å². The molecule has 0 saturated carbocycles. The molecule has 0 N–H and O–H groups in total. The summed E-state index contributed by atoms with van der Waals surface area (Å²) in [7, 11) is 0. The minimum atomic E-state index is -0.322. The summed E-state index contributed by atoms with van der Waals surface area (Å²) in [6, 6.07) is 10.0. The Balaban J connectivity index is 1.93. The Hall–Kier alpha value is -2.08. The average molecular weight is 271 g/mol. The highest BCUT2D eigenvalue weighted by atomic mass is 32.2. The van der Waals surface area contributed by atoms with Crippen molar-refractivity contribution < 1.29 is 4.79 Å². The van der Waals surface area contributed by atoms with Crippen LogP contribution >= 0.6 is 11.8 Å². The van der Waals surface area contributed by atoms with Gasteiger partial charge in [-0.15, -0.1) is 10.5 Å². The number of carbonyl (C=O) groups is 1. The van der Waals surface area contributed by atoms with E-state index in [1.165, 1.54) is 11.8 Å². The normalized spacial score (nSPS) is 17.4. The van der Waals surface area contributed by atoms with Crippen LogP contribution in [0.4, 0.5) is 0 Å². The first kappa shape index (κ1) is 12.0. The fourth-order valence-electron chi connectivity index (χ4n) is 1.96. The van der Waals surface area contributed by atoms with Crippen LogP contribution in [-0.4, -0.2) is 28.1 Å². The molecule has 1 aromatic rings. The smallest absolute Gasteiger partial charge is 0.299 e. The quantitative estimate of drug-likeness (QED) is 0.820. The van der Waals surface area contributed by atoms with Crippen LogP contribution in [0.1, 0.15) is 5.56 Å². The number of amides is 1. The summed E-state index contributed by atoms with van der Waals surface area (Å²) in [6.07, 6.45) is 3.50. The zero-order valence-corrected chi connectivity index (χ0v) is 11.1. The molecule has 0 aromatic heterocycles. The van der Waals surface area contributed by atoms with Gasteiger partial charge in [-0.1, -0.05) is 42.1 Å². The maximum absolute atomic E-state index is 11.5. The Morgan fingerprint density at radius 1 is 1.26 bits per heavy atom. The van der Waals surface area contributed by atoms with Crippen LogP contribution in [0.15, 0.2) is 52.2 Å². The van der Waals surface area contributed by atoms with Crippen LogP contribution in [-0.2, 0) is 11.3 Å². The van der Waals surface area contributed by atoms with Crippen molar-refractivity contribution in [3.63, 3.8) is 0 Å². The van der Waals surface area contributed by atoms with E-state index < -0.39 is 0 Å². The molecule has 5 nitrogen and oxygen atoms in total. The van der Waals surface area contributed by atoms with Crippen LogP contribution in [0.5, 0.6) is 0 Å². The molecule has 19 heavy (non-hydrogen) atoms. The third kappa shape index (κ3) is 2.15. The molecule has 2 aliphatic heterocycles. The molecular weight excluding hydrogens is 260 g/mol. The van der Waals surface area contributed by atoms with E-state index in [-0.39, 0.29) is 5.91 Å². The van der Waals surface area contributed by atoms with E-state index in [4.69, 9.17) is 0 Å². The van der Waals surface area contributed by atoms with E-state index in [2.05, 4.69) is 15.5 Å². The number of carbonyl (C=O) groups excluding carboxylic acids is 1. The molecule has 3 rings (SSSR count). The summed E-state index contributed by atoms with van der Waals surface area (Å²) in [4.78, 5) is 17.8. The Labute approximate surface area is 115 Å². The summed E-state index contributed by atoms with van der Waals surface area (Å²) in [5, 5.41) is 4.79. The van der Waals surface area contributed by atoms with Gasteiger partial charge in [0.25, 0.3) is 0 Å². The van der Waals surface area contributed by atoms with Gasteiger partial charge < -0.3 is 0 Å². The van der Waals surface area contributed by atoms with Crippen molar-refractivity contribution in [2.45, 2.75) is 6.54 Å². The Morgan fingerprint density at radius 3 is 2.79 bits per heavy atom. The van der Waals surface area contributed by atoms with E-state index in [0.717, 1.165) is 10.7 Å². The second kappa shape index (κ2) is 4.89. The standard InChI is InChI=1S/C13H11N4OS/c1-19-13-14-7-10-11(15-16-12(10)18)17(13)8-9-5-3-2-4-6-9/h2-7H,8H2,1H3. The third-order valence-electron chi connectivity index (χ3n) is 2.86. The predicted octanol–water partition coefficient (Wildman–Crippen LogP) is 1.56. The van der Waals surface area contributed by atoms with Crippen molar-refractivity contribution in [2.24, 2.45) is 10.1 Å². The van der Waals surface area contributed by atoms with Gasteiger partial charge in [0.05, 0.1) is 6.54 Å². The second-order valence-corrected chi connectivity index (χ2v) is 4.83. The van der Waals surface area contributed by atoms with Crippen LogP contribution in [0.3, 0.4) is 0 Å². The molecule has 0 fully saturated rings. The number of aliphatic imine (C=N–C) groups is 1. The third-order valence-corrected chi connectivity index (χ3v) is 3.55. The number of rotatable bonds is 2. The lowest BCUT2D eigenvalue weighted by Gasteiger charge is -2.26. The van der Waals surface area contributed by atoms with Gasteiger partial charge in [-0.25, -0.2) is 4.99 Å². The number of hydrogen-bond acceptors (Lipinski definition) is 5. The van der Waals surface area contributed by atoms with E-state index >= 15 is 0 Å². The molecule has 6 heteroatoms. The van der Waals surface area contributed by atoms with Gasteiger partial charge in [0.15, 0.2) is 11.0 Å². The molecule has 0 spiro atoms. The monoisotopic (exact) mass is 271 g/mol. The largest absolute Gasteiger partial charge is 0.300 e. The van der Waals surface area contributed by atoms with Crippen molar-refractivity contribution in [1.29, 1.82) is 0 Å². The fourth-order valence-corrected chi connectivity index (χ4v) is 2.49. The van der Waals surface area contributed by atoms with Crippen molar-refractivity contribution >= 4 is 28.7 Å². The number of amidine groups is 2. The van der Waals surface area contributed by atoms with Gasteiger partial charge >= 0.3 is 5.91 Å². The topological polar surface area (TPSA) is 59.1 Å². The number of benzene rings is 1. The van der Waals surface area contributed by atoms with E-state index in [1.54, 1.807) is 6.20 Å². The van der Waals surface area contributed by atoms with Gasteiger partial charge in [0.2, 0.25) is 0 Å². The summed E-state index contributed by atoms with van der Waals surface area (Å²) >= 11 is 1.52. The van der Waals surface area contributed by atoms with E-state index in [0.29, 0.717) is 18.0 Å². The van der Waals surface area contributed by atoms with Crippen molar-refractivity contribution in [1.82, 2.24) is 10.3 Å². The molecule has 1 aromatic carbocycles. The lowest BCUT2D eigenvalue weighted by atomic mass is 10.2. The van der Waals surface area contributed by atoms with Crippen LogP contribution in [0.25, 0.3) is 0 Å². The second-order valence-electron chi connectivity index (χ2n) is 4.06. The molecule has 2 heterocycles. The number of nitrogens with zero attached hydrogens (tertiary/aromatic N) is 4. The Morgan fingerprint density at radius 2 is 2.05 bits per heavy atom. The van der Waals surface area contributed by atoms with Crippen LogP contribution in [0, 0.1) is 0 Å². The molecule has 1 amide bonds. The summed E-state index contributed by atoms with van der Waals surface area (Å²) in [6.45, 7) is 0.624. The molecule has 1 radical (unpaired) electrons. The summed E-state index contributed by atoms with van der Waals surface area (Å²) < 4.78 is 0. The number of thioether (sulfide) groups is 1. The molecule has 0 aliphatic carbocycles. The van der Waals surface area contributed by atoms with Crippen LogP contribution < -0.4 is 5.43 Å². The SMILES string of the molecule is CSC1=NC=C2C(=O)[N]N=C2N1Cc1ccccc1. The zero-order valence-electron chi connectivity index (χ0n) is 10.3. The first-order valence-corrected chi connectivity index (χ1v) is 6.99. The van der Waals surface area contributed by atoms with Crippen molar-refractivity contribution in [3.8, 4) is 0 Å². The van der Waals surface area contributed by atoms with Crippen molar-refractivity contribution in [2.75, 3.05) is 6.26 Å². The average Bonchev–Trinajstić information content (AvgIpc) is 2.82. The van der Waals surface area contributed by atoms with E-state index in [9.17, 15) is 4.79 Å². The summed E-state index contributed by atoms with van der Waals surface area (Å²) in [5.74, 6) is 0.269.